The number of benzene rings is 2. The van der Waals surface area contributed by atoms with E-state index in [1.807, 2.05) is 23.6 Å². The van der Waals surface area contributed by atoms with Gasteiger partial charge in [0.15, 0.2) is 28.4 Å². The van der Waals surface area contributed by atoms with E-state index < -0.39 is 11.6 Å². The molecule has 0 fully saturated rings. The van der Waals surface area contributed by atoms with Gasteiger partial charge in [-0.05, 0) is 37.3 Å². The monoisotopic (exact) mass is 393 g/mol. The lowest BCUT2D eigenvalue weighted by atomic mass is 10.1. The van der Waals surface area contributed by atoms with Crippen LogP contribution < -0.4 is 0 Å². The van der Waals surface area contributed by atoms with E-state index in [2.05, 4.69) is 10.2 Å². The Balaban J connectivity index is 1.78. The fourth-order valence-corrected chi connectivity index (χ4v) is 3.49. The number of rotatable bonds is 6. The normalized spacial score (nSPS) is 10.9. The highest BCUT2D eigenvalue weighted by Gasteiger charge is 2.16. The first-order valence-corrected chi connectivity index (χ1v) is 9.16. The van der Waals surface area contributed by atoms with Crippen LogP contribution in [-0.2, 0) is 6.54 Å². The molecule has 0 radical (unpaired) electrons. The number of carbonyl (C=O) groups excluding carboxylic acids is 1. The van der Waals surface area contributed by atoms with Crippen molar-refractivity contribution in [3.8, 4) is 11.4 Å². The Morgan fingerprint density at radius 3 is 2.65 bits per heavy atom. The van der Waals surface area contributed by atoms with Gasteiger partial charge in [-0.3, -0.25) is 4.79 Å². The van der Waals surface area contributed by atoms with Crippen LogP contribution in [-0.4, -0.2) is 26.3 Å². The Morgan fingerprint density at radius 2 is 1.96 bits per heavy atom. The maximum atomic E-state index is 13.3. The minimum absolute atomic E-state index is 0.0404. The first kappa shape index (κ1) is 18.5. The summed E-state index contributed by atoms with van der Waals surface area (Å²) < 4.78 is 28.1. The first-order valence-electron chi connectivity index (χ1n) is 7.79. The van der Waals surface area contributed by atoms with Gasteiger partial charge in [-0.2, -0.15) is 0 Å². The molecule has 1 heterocycles. The summed E-state index contributed by atoms with van der Waals surface area (Å²) in [7, 11) is 0. The van der Waals surface area contributed by atoms with E-state index in [0.29, 0.717) is 22.5 Å². The topological polar surface area (TPSA) is 47.8 Å². The van der Waals surface area contributed by atoms with Crippen molar-refractivity contribution < 1.29 is 13.6 Å². The van der Waals surface area contributed by atoms with Crippen molar-refractivity contribution in [1.29, 1.82) is 0 Å². The summed E-state index contributed by atoms with van der Waals surface area (Å²) in [5.41, 5.74) is 0.944. The molecule has 1 aromatic heterocycles. The summed E-state index contributed by atoms with van der Waals surface area (Å²) in [5, 5.41) is 9.49. The molecule has 0 N–H and O–H groups in total. The van der Waals surface area contributed by atoms with Crippen LogP contribution in [0, 0.1) is 11.6 Å². The Morgan fingerprint density at radius 1 is 1.15 bits per heavy atom. The number of halogens is 3. The van der Waals surface area contributed by atoms with Crippen molar-refractivity contribution in [1.82, 2.24) is 14.8 Å². The summed E-state index contributed by atoms with van der Waals surface area (Å²) in [6.07, 6.45) is 0. The van der Waals surface area contributed by atoms with Crippen molar-refractivity contribution >= 4 is 29.1 Å². The molecular formula is C18H14ClF2N3OS. The molecule has 26 heavy (non-hydrogen) atoms. The molecule has 0 aliphatic rings. The van der Waals surface area contributed by atoms with Crippen LogP contribution in [0.4, 0.5) is 8.78 Å². The molecule has 3 rings (SSSR count). The minimum atomic E-state index is -1.04. The Kier molecular flexibility index (Phi) is 5.68. The average molecular weight is 394 g/mol. The zero-order chi connectivity index (χ0) is 18.7. The molecule has 0 saturated heterocycles. The molecule has 0 atom stereocenters. The van der Waals surface area contributed by atoms with Crippen LogP contribution in [0.2, 0.25) is 5.02 Å². The molecule has 8 heteroatoms. The molecule has 0 amide bonds. The highest BCUT2D eigenvalue weighted by atomic mass is 35.5. The summed E-state index contributed by atoms with van der Waals surface area (Å²) in [4.78, 5) is 12.2. The number of Topliss-reactive ketones (excluding diaryl/α,β-unsaturated/α-hetero) is 1. The van der Waals surface area contributed by atoms with E-state index in [1.54, 1.807) is 12.1 Å². The van der Waals surface area contributed by atoms with E-state index in [4.69, 9.17) is 11.6 Å². The van der Waals surface area contributed by atoms with Gasteiger partial charge in [0.2, 0.25) is 0 Å². The van der Waals surface area contributed by atoms with Crippen molar-refractivity contribution in [2.75, 3.05) is 5.75 Å². The van der Waals surface area contributed by atoms with Crippen molar-refractivity contribution in [2.24, 2.45) is 0 Å². The van der Waals surface area contributed by atoms with Crippen LogP contribution in [0.25, 0.3) is 11.4 Å². The van der Waals surface area contributed by atoms with E-state index in [9.17, 15) is 13.6 Å². The summed E-state index contributed by atoms with van der Waals surface area (Å²) in [6.45, 7) is 2.55. The number of nitrogens with zero attached hydrogens (tertiary/aromatic N) is 3. The zero-order valence-corrected chi connectivity index (χ0v) is 15.3. The number of carbonyl (C=O) groups is 1. The smallest absolute Gasteiger partial charge is 0.191 e. The average Bonchev–Trinajstić information content (AvgIpc) is 3.05. The van der Waals surface area contributed by atoms with Gasteiger partial charge in [-0.1, -0.05) is 35.5 Å². The molecule has 0 bridgehead atoms. The van der Waals surface area contributed by atoms with Gasteiger partial charge < -0.3 is 4.57 Å². The lowest BCUT2D eigenvalue weighted by molar-refractivity contribution is 0.102. The number of hydrogen-bond acceptors (Lipinski definition) is 4. The van der Waals surface area contributed by atoms with Gasteiger partial charge in [0.1, 0.15) is 0 Å². The van der Waals surface area contributed by atoms with Crippen LogP contribution >= 0.6 is 23.4 Å². The lowest BCUT2D eigenvalue weighted by Crippen LogP contribution is -2.06. The largest absolute Gasteiger partial charge is 0.302 e. The highest BCUT2D eigenvalue weighted by Crippen LogP contribution is 2.26. The molecule has 0 aliphatic carbocycles. The molecule has 0 spiro atoms. The second-order valence-electron chi connectivity index (χ2n) is 5.40. The summed E-state index contributed by atoms with van der Waals surface area (Å²) in [6, 6.07) is 10.4. The molecule has 0 saturated carbocycles. The fraction of sp³-hybridized carbons (Fsp3) is 0.167. The molecule has 4 nitrogen and oxygen atoms in total. The van der Waals surface area contributed by atoms with Crippen LogP contribution in [0.15, 0.2) is 47.6 Å². The highest BCUT2D eigenvalue weighted by molar-refractivity contribution is 7.99. The van der Waals surface area contributed by atoms with Gasteiger partial charge in [0.05, 0.1) is 5.75 Å². The van der Waals surface area contributed by atoms with Gasteiger partial charge in [0, 0.05) is 22.7 Å². The third-order valence-electron chi connectivity index (χ3n) is 3.69. The van der Waals surface area contributed by atoms with Crippen molar-refractivity contribution in [3.05, 3.63) is 64.7 Å². The maximum absolute atomic E-state index is 13.3. The third kappa shape index (κ3) is 3.94. The molecular weight excluding hydrogens is 380 g/mol. The van der Waals surface area contributed by atoms with E-state index in [1.165, 1.54) is 17.8 Å². The Labute approximate surface area is 158 Å². The Hall–Kier alpha value is -2.25. The maximum Gasteiger partial charge on any atom is 0.191 e. The molecule has 2 aromatic carbocycles. The fourth-order valence-electron chi connectivity index (χ4n) is 2.40. The van der Waals surface area contributed by atoms with Crippen LogP contribution in [0.5, 0.6) is 0 Å². The number of ketones is 1. The molecule has 0 aliphatic heterocycles. The second-order valence-corrected chi connectivity index (χ2v) is 6.78. The zero-order valence-electron chi connectivity index (χ0n) is 13.7. The van der Waals surface area contributed by atoms with E-state index >= 15 is 0 Å². The summed E-state index contributed by atoms with van der Waals surface area (Å²) in [5.74, 6) is -1.65. The predicted octanol–water partition coefficient (Wildman–Crippen LogP) is 4.87. The van der Waals surface area contributed by atoms with Gasteiger partial charge in [0.25, 0.3) is 0 Å². The number of aromatic nitrogens is 3. The van der Waals surface area contributed by atoms with Gasteiger partial charge >= 0.3 is 0 Å². The van der Waals surface area contributed by atoms with E-state index in [-0.39, 0.29) is 17.1 Å². The lowest BCUT2D eigenvalue weighted by Gasteiger charge is -2.07. The first-order chi connectivity index (χ1) is 12.5. The standard InChI is InChI=1S/C18H14ClF2N3OS/c1-2-24-17(12-4-3-5-13(19)8-12)22-23-18(24)26-10-16(25)11-6-7-14(20)15(21)9-11/h3-9H,2,10H2,1H3. The minimum Gasteiger partial charge on any atom is -0.302 e. The number of hydrogen-bond donors (Lipinski definition) is 0. The van der Waals surface area contributed by atoms with Gasteiger partial charge in [-0.25, -0.2) is 8.78 Å². The SMILES string of the molecule is CCn1c(SCC(=O)c2ccc(F)c(F)c2)nnc1-c1cccc(Cl)c1. The van der Waals surface area contributed by atoms with Gasteiger partial charge in [-0.15, -0.1) is 10.2 Å². The second kappa shape index (κ2) is 7.97. The predicted molar refractivity (Wildman–Crippen MR) is 97.6 cm³/mol. The van der Waals surface area contributed by atoms with E-state index in [0.717, 1.165) is 17.7 Å². The number of thioether (sulfide) groups is 1. The third-order valence-corrected chi connectivity index (χ3v) is 4.89. The summed E-state index contributed by atoms with van der Waals surface area (Å²) >= 11 is 7.22. The van der Waals surface area contributed by atoms with Crippen LogP contribution in [0.3, 0.4) is 0 Å². The quantitative estimate of drug-likeness (QED) is 0.442. The molecule has 3 aromatic rings. The van der Waals surface area contributed by atoms with Crippen molar-refractivity contribution in [2.45, 2.75) is 18.6 Å². The molecule has 134 valence electrons. The van der Waals surface area contributed by atoms with Crippen molar-refractivity contribution in [3.63, 3.8) is 0 Å². The molecule has 0 unspecified atom stereocenters. The Bertz CT molecular complexity index is 961. The van der Waals surface area contributed by atoms with Crippen LogP contribution in [0.1, 0.15) is 17.3 Å².